The van der Waals surface area contributed by atoms with Gasteiger partial charge in [-0.3, -0.25) is 19.1 Å². The van der Waals surface area contributed by atoms with E-state index in [9.17, 15) is 16.8 Å². The van der Waals surface area contributed by atoms with Gasteiger partial charge in [-0.25, -0.2) is 9.97 Å². The van der Waals surface area contributed by atoms with Crippen molar-refractivity contribution in [2.45, 2.75) is 38.5 Å². The Labute approximate surface area is 265 Å². The standard InChI is InChI=1S/C26H28N6S2.2CH4O3S/c1(5-23-31-19-9-7-17(15-21(19)33-23)25-27-11-3-12-28-25)2-6-24-32-20-10-8-18(16-22(20)34-24)26-29-13-4-14-30-26;2*1-5(2,3)4/h7-10,15-16H,1-6,11-14H2,(H,27,28)(H,29,30);2*1H3,(H,2,3,4). The van der Waals surface area contributed by atoms with E-state index in [2.05, 4.69) is 57.0 Å². The Morgan fingerprint density at radius 2 is 1.09 bits per heavy atom. The summed E-state index contributed by atoms with van der Waals surface area (Å²) in [7, 11) is -7.33. The average molecular weight is 681 g/mol. The highest BCUT2D eigenvalue weighted by Gasteiger charge is 2.12. The quantitative estimate of drug-likeness (QED) is 0.165. The van der Waals surface area contributed by atoms with Gasteiger partial charge in [-0.05, 0) is 74.9 Å². The monoisotopic (exact) mass is 680 g/mol. The van der Waals surface area contributed by atoms with Gasteiger partial charge < -0.3 is 10.6 Å². The highest BCUT2D eigenvalue weighted by molar-refractivity contribution is 7.85. The summed E-state index contributed by atoms with van der Waals surface area (Å²) < 4.78 is 54.2. The predicted octanol–water partition coefficient (Wildman–Crippen LogP) is 3.96. The van der Waals surface area contributed by atoms with Crippen LogP contribution in [-0.2, 0) is 33.1 Å². The van der Waals surface area contributed by atoms with Crippen LogP contribution in [0.25, 0.3) is 20.4 Å². The van der Waals surface area contributed by atoms with Crippen molar-refractivity contribution in [3.63, 3.8) is 0 Å². The number of nitrogens with zero attached hydrogens (tertiary/aromatic N) is 4. The Hall–Kier alpha value is -3.02. The molecule has 2 aromatic heterocycles. The molecular formula is C28H36N6O6S4. The topological polar surface area (TPSA) is 183 Å². The average Bonchev–Trinajstić information content (AvgIpc) is 3.57. The van der Waals surface area contributed by atoms with Crippen molar-refractivity contribution in [1.82, 2.24) is 20.6 Å². The number of aryl methyl sites for hydroxylation is 2. The largest absolute Gasteiger partial charge is 0.370 e. The number of amidine groups is 2. The zero-order valence-corrected chi connectivity index (χ0v) is 27.8. The fourth-order valence-electron chi connectivity index (χ4n) is 4.46. The SMILES string of the molecule is CS(=O)(=O)O.CS(=O)(=O)O.c1cc2nc(CCCCc3nc4ccc(C5=NCCCN5)cc4s3)sc2cc1C1=NCCCN1. The Morgan fingerprint density at radius 1 is 0.705 bits per heavy atom. The number of fused-ring (bicyclic) bond motifs is 2. The van der Waals surface area contributed by atoms with Crippen LogP contribution in [0.3, 0.4) is 0 Å². The summed E-state index contributed by atoms with van der Waals surface area (Å²) in [6.07, 6.45) is 7.96. The van der Waals surface area contributed by atoms with Gasteiger partial charge in [0, 0.05) is 37.3 Å². The molecule has 0 atom stereocenters. The number of hydrogen-bond donors (Lipinski definition) is 4. The number of hydrogen-bond acceptors (Lipinski definition) is 12. The summed E-state index contributed by atoms with van der Waals surface area (Å²) in [6, 6.07) is 13.0. The van der Waals surface area contributed by atoms with Crippen molar-refractivity contribution in [2.75, 3.05) is 38.7 Å². The zero-order chi connectivity index (χ0) is 31.7. The first-order valence-electron chi connectivity index (χ1n) is 14.0. The maximum absolute atomic E-state index is 9.19. The first-order valence-corrected chi connectivity index (χ1v) is 19.4. The van der Waals surface area contributed by atoms with Crippen LogP contribution < -0.4 is 10.6 Å². The molecule has 0 bridgehead atoms. The van der Waals surface area contributed by atoms with Crippen LogP contribution in [-0.4, -0.2) is 86.3 Å². The lowest BCUT2D eigenvalue weighted by atomic mass is 10.1. The minimum atomic E-state index is -3.67. The maximum Gasteiger partial charge on any atom is 0.261 e. The second-order valence-corrected chi connectivity index (χ2v) is 15.4. The lowest BCUT2D eigenvalue weighted by Gasteiger charge is -2.14. The molecule has 0 aliphatic carbocycles. The third-order valence-corrected chi connectivity index (χ3v) is 8.39. The van der Waals surface area contributed by atoms with Gasteiger partial charge >= 0.3 is 0 Å². The molecule has 16 heteroatoms. The van der Waals surface area contributed by atoms with Crippen LogP contribution in [0.4, 0.5) is 0 Å². The van der Waals surface area contributed by atoms with Crippen molar-refractivity contribution < 1.29 is 25.9 Å². The molecule has 0 amide bonds. The molecule has 2 aliphatic heterocycles. The normalized spacial score (nSPS) is 15.2. The molecule has 2 aromatic carbocycles. The van der Waals surface area contributed by atoms with E-state index < -0.39 is 20.2 Å². The van der Waals surface area contributed by atoms with Gasteiger partial charge in [0.1, 0.15) is 11.7 Å². The van der Waals surface area contributed by atoms with Gasteiger partial charge in [0.2, 0.25) is 0 Å². The van der Waals surface area contributed by atoms with Crippen LogP contribution in [0.2, 0.25) is 0 Å². The van der Waals surface area contributed by atoms with E-state index in [0.717, 1.165) is 87.4 Å². The molecular weight excluding hydrogens is 645 g/mol. The van der Waals surface area contributed by atoms with E-state index >= 15 is 0 Å². The minimum Gasteiger partial charge on any atom is -0.370 e. The fourth-order valence-corrected chi connectivity index (χ4v) is 6.55. The number of nitrogens with one attached hydrogen (secondary N) is 2. The number of unbranched alkanes of at least 4 members (excludes halogenated alkanes) is 1. The van der Waals surface area contributed by atoms with Gasteiger partial charge in [0.25, 0.3) is 20.2 Å². The molecule has 44 heavy (non-hydrogen) atoms. The zero-order valence-electron chi connectivity index (χ0n) is 24.5. The molecule has 2 aliphatic rings. The summed E-state index contributed by atoms with van der Waals surface area (Å²) in [5, 5.41) is 9.27. The Balaban J connectivity index is 0.000000386. The van der Waals surface area contributed by atoms with Crippen molar-refractivity contribution in [1.29, 1.82) is 0 Å². The van der Waals surface area contributed by atoms with Crippen LogP contribution in [0.5, 0.6) is 0 Å². The van der Waals surface area contributed by atoms with Gasteiger partial charge in [0.15, 0.2) is 0 Å². The molecule has 0 saturated heterocycles. The summed E-state index contributed by atoms with van der Waals surface area (Å²) in [5.41, 5.74) is 4.54. The van der Waals surface area contributed by atoms with Gasteiger partial charge in [0.05, 0.1) is 43.0 Å². The number of thiazole rings is 2. The van der Waals surface area contributed by atoms with E-state index in [1.54, 1.807) is 0 Å². The first kappa shape index (κ1) is 33.9. The maximum atomic E-state index is 9.19. The van der Waals surface area contributed by atoms with E-state index in [0.29, 0.717) is 12.5 Å². The predicted molar refractivity (Wildman–Crippen MR) is 179 cm³/mol. The molecule has 0 radical (unpaired) electrons. The lowest BCUT2D eigenvalue weighted by Crippen LogP contribution is -2.30. The van der Waals surface area contributed by atoms with Crippen LogP contribution in [0, 0.1) is 0 Å². The summed E-state index contributed by atoms with van der Waals surface area (Å²) in [5.74, 6) is 2.04. The second-order valence-electron chi connectivity index (χ2n) is 10.3. The van der Waals surface area contributed by atoms with Crippen LogP contribution in [0.15, 0.2) is 46.4 Å². The fraction of sp³-hybridized carbons (Fsp3) is 0.429. The first-order chi connectivity index (χ1) is 20.8. The molecule has 4 N–H and O–H groups in total. The summed E-state index contributed by atoms with van der Waals surface area (Å²) >= 11 is 3.63. The van der Waals surface area contributed by atoms with Crippen LogP contribution in [0.1, 0.15) is 46.8 Å². The molecule has 0 saturated carbocycles. The third kappa shape index (κ3) is 11.5. The number of benzene rings is 2. The van der Waals surface area contributed by atoms with E-state index in [4.69, 9.17) is 19.1 Å². The third-order valence-electron chi connectivity index (χ3n) is 6.24. The Kier molecular flexibility index (Phi) is 11.8. The number of rotatable bonds is 7. The van der Waals surface area contributed by atoms with Gasteiger partial charge in [-0.15, -0.1) is 22.7 Å². The molecule has 4 aromatic rings. The smallest absolute Gasteiger partial charge is 0.261 e. The second kappa shape index (κ2) is 15.3. The highest BCUT2D eigenvalue weighted by atomic mass is 32.2. The summed E-state index contributed by atoms with van der Waals surface area (Å²) in [4.78, 5) is 19.0. The number of aliphatic imine (C=N–C) groups is 2. The van der Waals surface area contributed by atoms with Gasteiger partial charge in [-0.1, -0.05) is 0 Å². The van der Waals surface area contributed by atoms with Crippen molar-refractivity contribution in [2.24, 2.45) is 9.98 Å². The van der Waals surface area contributed by atoms with Crippen molar-refractivity contribution in [3.8, 4) is 0 Å². The molecule has 0 spiro atoms. The van der Waals surface area contributed by atoms with E-state index in [1.807, 2.05) is 22.7 Å². The minimum absolute atomic E-state index is 0.715. The van der Waals surface area contributed by atoms with Crippen LogP contribution >= 0.6 is 22.7 Å². The Bertz CT molecular complexity index is 1710. The molecule has 6 rings (SSSR count). The van der Waals surface area contributed by atoms with E-state index in [-0.39, 0.29) is 0 Å². The number of aromatic nitrogens is 2. The Morgan fingerprint density at radius 3 is 1.43 bits per heavy atom. The van der Waals surface area contributed by atoms with Gasteiger partial charge in [-0.2, -0.15) is 16.8 Å². The summed E-state index contributed by atoms with van der Waals surface area (Å²) in [6.45, 7) is 3.84. The molecule has 4 heterocycles. The van der Waals surface area contributed by atoms with E-state index in [1.165, 1.54) is 30.5 Å². The van der Waals surface area contributed by atoms with Crippen molar-refractivity contribution in [3.05, 3.63) is 57.5 Å². The van der Waals surface area contributed by atoms with Crippen molar-refractivity contribution >= 4 is 75.0 Å². The molecule has 12 nitrogen and oxygen atoms in total. The lowest BCUT2D eigenvalue weighted by molar-refractivity contribution is 0.488. The molecule has 238 valence electrons. The molecule has 0 fully saturated rings. The highest BCUT2D eigenvalue weighted by Crippen LogP contribution is 2.27. The molecule has 0 unspecified atom stereocenters.